The first-order chi connectivity index (χ1) is 9.35. The Labute approximate surface area is 123 Å². The van der Waals surface area contributed by atoms with E-state index in [9.17, 15) is 5.11 Å². The fourth-order valence-electron chi connectivity index (χ4n) is 3.60. The summed E-state index contributed by atoms with van der Waals surface area (Å²) in [5.41, 5.74) is 8.09. The molecule has 1 aliphatic rings. The molecule has 0 spiro atoms. The third kappa shape index (κ3) is 3.54. The van der Waals surface area contributed by atoms with E-state index in [1.807, 2.05) is 12.1 Å². The number of phenolic OH excluding ortho intramolecular Hbond substituents is 1. The second kappa shape index (κ2) is 5.77. The number of rotatable bonds is 3. The minimum absolute atomic E-state index is 0.263. The summed E-state index contributed by atoms with van der Waals surface area (Å²) in [6.07, 6.45) is 6.08. The van der Waals surface area contributed by atoms with Gasteiger partial charge in [-0.1, -0.05) is 32.9 Å². The maximum absolute atomic E-state index is 9.38. The minimum atomic E-state index is 0.263. The Morgan fingerprint density at radius 3 is 2.15 bits per heavy atom. The van der Waals surface area contributed by atoms with E-state index in [0.717, 1.165) is 18.9 Å². The molecule has 0 aliphatic heterocycles. The first-order valence-corrected chi connectivity index (χ1v) is 7.83. The molecular weight excluding hydrogens is 246 g/mol. The van der Waals surface area contributed by atoms with Crippen LogP contribution in [0.2, 0.25) is 0 Å². The fraction of sp³-hybridized carbons (Fsp3) is 0.667. The monoisotopic (exact) mass is 275 g/mol. The summed E-state index contributed by atoms with van der Waals surface area (Å²) in [5, 5.41) is 9.38. The molecule has 20 heavy (non-hydrogen) atoms. The summed E-state index contributed by atoms with van der Waals surface area (Å²) in [7, 11) is 0. The molecule has 2 heteroatoms. The first kappa shape index (κ1) is 15.4. The summed E-state index contributed by atoms with van der Waals surface area (Å²) in [5.74, 6) is 1.16. The third-order valence-electron chi connectivity index (χ3n) is 5.22. The number of nitrogens with two attached hydrogens (primary N) is 1. The highest BCUT2D eigenvalue weighted by Gasteiger charge is 2.37. The number of benzene rings is 1. The smallest absolute Gasteiger partial charge is 0.115 e. The van der Waals surface area contributed by atoms with Crippen LogP contribution in [-0.2, 0) is 6.42 Å². The summed E-state index contributed by atoms with van der Waals surface area (Å²) < 4.78 is 0. The molecule has 1 aliphatic carbocycles. The van der Waals surface area contributed by atoms with Crippen LogP contribution in [0.3, 0.4) is 0 Å². The minimum Gasteiger partial charge on any atom is -0.508 e. The predicted molar refractivity (Wildman–Crippen MR) is 84.7 cm³/mol. The van der Waals surface area contributed by atoms with Crippen LogP contribution >= 0.6 is 0 Å². The zero-order valence-corrected chi connectivity index (χ0v) is 13.2. The van der Waals surface area contributed by atoms with Gasteiger partial charge in [0.2, 0.25) is 0 Å². The molecule has 0 aromatic heterocycles. The molecule has 1 aromatic carbocycles. The van der Waals surface area contributed by atoms with E-state index in [1.165, 1.54) is 31.2 Å². The van der Waals surface area contributed by atoms with Crippen molar-refractivity contribution in [2.45, 2.75) is 52.9 Å². The van der Waals surface area contributed by atoms with Crippen LogP contribution in [0.25, 0.3) is 0 Å². The van der Waals surface area contributed by atoms with E-state index in [0.29, 0.717) is 11.2 Å². The number of hydrogen-bond acceptors (Lipinski definition) is 2. The molecule has 2 rings (SSSR count). The van der Waals surface area contributed by atoms with Gasteiger partial charge >= 0.3 is 0 Å². The zero-order valence-electron chi connectivity index (χ0n) is 13.2. The van der Waals surface area contributed by atoms with E-state index in [4.69, 9.17) is 5.73 Å². The van der Waals surface area contributed by atoms with Crippen LogP contribution in [0, 0.1) is 16.7 Å². The van der Waals surface area contributed by atoms with E-state index < -0.39 is 0 Å². The molecule has 0 radical (unpaired) electrons. The van der Waals surface area contributed by atoms with Crippen molar-refractivity contribution in [3.63, 3.8) is 0 Å². The van der Waals surface area contributed by atoms with Gasteiger partial charge in [-0.25, -0.2) is 0 Å². The zero-order chi connectivity index (χ0) is 14.8. The summed E-state index contributed by atoms with van der Waals surface area (Å²) in [6.45, 7) is 7.83. The van der Waals surface area contributed by atoms with Crippen LogP contribution in [0.15, 0.2) is 24.3 Å². The van der Waals surface area contributed by atoms with Crippen LogP contribution in [0.5, 0.6) is 5.75 Å². The van der Waals surface area contributed by atoms with Crippen molar-refractivity contribution in [3.8, 4) is 5.75 Å². The molecule has 0 amide bonds. The van der Waals surface area contributed by atoms with Gasteiger partial charge < -0.3 is 10.8 Å². The molecule has 1 fully saturated rings. The molecule has 1 aromatic rings. The van der Waals surface area contributed by atoms with Crippen molar-refractivity contribution in [1.29, 1.82) is 0 Å². The SMILES string of the molecule is CC(C)(C)C1CCC(CN)(Cc2ccc(O)cc2)CC1. The summed E-state index contributed by atoms with van der Waals surface area (Å²) in [4.78, 5) is 0. The van der Waals surface area contributed by atoms with Gasteiger partial charge in [-0.15, -0.1) is 0 Å². The van der Waals surface area contributed by atoms with Gasteiger partial charge in [0.15, 0.2) is 0 Å². The van der Waals surface area contributed by atoms with E-state index in [-0.39, 0.29) is 5.41 Å². The molecular formula is C18H29NO. The summed E-state index contributed by atoms with van der Waals surface area (Å²) >= 11 is 0. The Hall–Kier alpha value is -1.02. The van der Waals surface area contributed by atoms with Gasteiger partial charge in [0.05, 0.1) is 0 Å². The van der Waals surface area contributed by atoms with Crippen LogP contribution in [-0.4, -0.2) is 11.7 Å². The van der Waals surface area contributed by atoms with Crippen LogP contribution in [0.4, 0.5) is 0 Å². The first-order valence-electron chi connectivity index (χ1n) is 7.83. The topological polar surface area (TPSA) is 46.2 Å². The normalized spacial score (nSPS) is 27.5. The maximum Gasteiger partial charge on any atom is 0.115 e. The van der Waals surface area contributed by atoms with Crippen molar-refractivity contribution in [2.24, 2.45) is 22.5 Å². The van der Waals surface area contributed by atoms with E-state index in [1.54, 1.807) is 12.1 Å². The highest BCUT2D eigenvalue weighted by Crippen LogP contribution is 2.46. The molecule has 3 N–H and O–H groups in total. The Morgan fingerprint density at radius 1 is 1.15 bits per heavy atom. The largest absolute Gasteiger partial charge is 0.508 e. The Balaban J connectivity index is 2.03. The van der Waals surface area contributed by atoms with E-state index in [2.05, 4.69) is 20.8 Å². The van der Waals surface area contributed by atoms with Crippen molar-refractivity contribution >= 4 is 0 Å². The van der Waals surface area contributed by atoms with Crippen molar-refractivity contribution in [1.82, 2.24) is 0 Å². The fourth-order valence-corrected chi connectivity index (χ4v) is 3.60. The average Bonchev–Trinajstić information content (AvgIpc) is 2.41. The molecule has 2 nitrogen and oxygen atoms in total. The lowest BCUT2D eigenvalue weighted by Crippen LogP contribution is -2.39. The number of hydrogen-bond donors (Lipinski definition) is 2. The van der Waals surface area contributed by atoms with Crippen LogP contribution in [0.1, 0.15) is 52.0 Å². The van der Waals surface area contributed by atoms with Gasteiger partial charge in [0.1, 0.15) is 5.75 Å². The second-order valence-electron chi connectivity index (χ2n) is 7.69. The van der Waals surface area contributed by atoms with Gasteiger partial charge in [0, 0.05) is 0 Å². The lowest BCUT2D eigenvalue weighted by molar-refractivity contribution is 0.0926. The highest BCUT2D eigenvalue weighted by molar-refractivity contribution is 5.26. The standard InChI is InChI=1S/C18H29NO/c1-17(2,3)15-8-10-18(13-19,11-9-15)12-14-4-6-16(20)7-5-14/h4-7,15,20H,8-13,19H2,1-3H3. The average molecular weight is 275 g/mol. The Morgan fingerprint density at radius 2 is 1.70 bits per heavy atom. The van der Waals surface area contributed by atoms with Gasteiger partial charge in [-0.3, -0.25) is 0 Å². The molecule has 112 valence electrons. The Kier molecular flexibility index (Phi) is 4.43. The molecule has 1 saturated carbocycles. The summed E-state index contributed by atoms with van der Waals surface area (Å²) in [6, 6.07) is 7.62. The quantitative estimate of drug-likeness (QED) is 0.871. The van der Waals surface area contributed by atoms with Crippen LogP contribution < -0.4 is 5.73 Å². The van der Waals surface area contributed by atoms with E-state index >= 15 is 0 Å². The lowest BCUT2D eigenvalue weighted by Gasteiger charge is -2.44. The molecule has 0 unspecified atom stereocenters. The molecule has 0 bridgehead atoms. The second-order valence-corrected chi connectivity index (χ2v) is 7.69. The molecule has 0 atom stereocenters. The lowest BCUT2D eigenvalue weighted by atomic mass is 9.62. The third-order valence-corrected chi connectivity index (χ3v) is 5.22. The Bertz CT molecular complexity index is 422. The maximum atomic E-state index is 9.38. The number of phenols is 1. The number of aromatic hydroxyl groups is 1. The van der Waals surface area contributed by atoms with Gasteiger partial charge in [-0.2, -0.15) is 0 Å². The van der Waals surface area contributed by atoms with Crippen molar-refractivity contribution < 1.29 is 5.11 Å². The predicted octanol–water partition coefficient (Wildman–Crippen LogP) is 4.12. The van der Waals surface area contributed by atoms with Gasteiger partial charge in [-0.05, 0) is 73.1 Å². The van der Waals surface area contributed by atoms with Crippen molar-refractivity contribution in [3.05, 3.63) is 29.8 Å². The van der Waals surface area contributed by atoms with Gasteiger partial charge in [0.25, 0.3) is 0 Å². The molecule has 0 heterocycles. The van der Waals surface area contributed by atoms with Crippen molar-refractivity contribution in [2.75, 3.05) is 6.54 Å². The molecule has 0 saturated heterocycles. The highest BCUT2D eigenvalue weighted by atomic mass is 16.3.